The third-order valence-electron chi connectivity index (χ3n) is 5.36. The fourth-order valence-corrected chi connectivity index (χ4v) is 4.77. The van der Waals surface area contributed by atoms with Crippen LogP contribution in [0, 0.1) is 11.8 Å². The minimum atomic E-state index is 0.0287. The predicted octanol–water partition coefficient (Wildman–Crippen LogP) is 1.92. The summed E-state index contributed by atoms with van der Waals surface area (Å²) in [6.45, 7) is 4.89. The van der Waals surface area contributed by atoms with E-state index in [0.717, 1.165) is 56.9 Å². The number of nitrogens with zero attached hydrogens (tertiary/aromatic N) is 3. The lowest BCUT2D eigenvalue weighted by atomic mass is 9.79. The molecule has 0 aliphatic carbocycles. The molecule has 4 rings (SSSR count). The summed E-state index contributed by atoms with van der Waals surface area (Å²) < 4.78 is 5.98. The Morgan fingerprint density at radius 3 is 3.04 bits per heavy atom. The molecule has 1 aromatic rings. The van der Waals surface area contributed by atoms with Crippen LogP contribution in [0.3, 0.4) is 0 Å². The van der Waals surface area contributed by atoms with Gasteiger partial charge in [0.2, 0.25) is 5.91 Å². The van der Waals surface area contributed by atoms with Gasteiger partial charge in [0, 0.05) is 49.7 Å². The molecule has 0 aromatic carbocycles. The Hall–Kier alpha value is -1.02. The van der Waals surface area contributed by atoms with E-state index in [2.05, 4.69) is 9.88 Å². The number of hydroxylamine groups is 2. The standard InChI is InChI=1S/C17H25N3O3S/c21-17(20-6-1-2-8-23-20)13-4-9-22-15-3-7-19(11-14(13)15)12-16-18-5-10-24-16/h5,10,13-15H,1-4,6-9,11-12H2/t13-,14+,15-/m1/s1. The highest BCUT2D eigenvalue weighted by molar-refractivity contribution is 7.09. The molecule has 3 atom stereocenters. The molecule has 3 aliphatic rings. The zero-order valence-electron chi connectivity index (χ0n) is 13.9. The summed E-state index contributed by atoms with van der Waals surface area (Å²) in [7, 11) is 0. The van der Waals surface area contributed by atoms with Crippen molar-refractivity contribution in [3.63, 3.8) is 0 Å². The average molecular weight is 351 g/mol. The number of likely N-dealkylation sites (tertiary alicyclic amines) is 1. The van der Waals surface area contributed by atoms with Gasteiger partial charge in [-0.3, -0.25) is 14.5 Å². The van der Waals surface area contributed by atoms with Crippen LogP contribution in [0.2, 0.25) is 0 Å². The second kappa shape index (κ2) is 7.47. The van der Waals surface area contributed by atoms with Crippen LogP contribution in [-0.4, -0.2) is 59.8 Å². The van der Waals surface area contributed by atoms with Crippen LogP contribution in [-0.2, 0) is 20.9 Å². The van der Waals surface area contributed by atoms with Gasteiger partial charge < -0.3 is 4.74 Å². The van der Waals surface area contributed by atoms with Crippen molar-refractivity contribution in [3.8, 4) is 0 Å². The lowest BCUT2D eigenvalue weighted by molar-refractivity contribution is -0.209. The molecule has 132 valence electrons. The number of piperidine rings is 1. The van der Waals surface area contributed by atoms with Crippen LogP contribution in [0.25, 0.3) is 0 Å². The number of amides is 1. The molecular formula is C17H25N3O3S. The smallest absolute Gasteiger partial charge is 0.249 e. The number of ether oxygens (including phenoxy) is 1. The summed E-state index contributed by atoms with van der Waals surface area (Å²) >= 11 is 1.70. The van der Waals surface area contributed by atoms with Crippen molar-refractivity contribution in [3.05, 3.63) is 16.6 Å². The minimum Gasteiger partial charge on any atom is -0.378 e. The Bertz CT molecular complexity index is 547. The van der Waals surface area contributed by atoms with Gasteiger partial charge in [-0.05, 0) is 25.7 Å². The van der Waals surface area contributed by atoms with Crippen molar-refractivity contribution in [1.82, 2.24) is 14.9 Å². The Labute approximate surface area is 146 Å². The van der Waals surface area contributed by atoms with Gasteiger partial charge in [0.1, 0.15) is 5.01 Å². The van der Waals surface area contributed by atoms with Crippen LogP contribution >= 0.6 is 11.3 Å². The third-order valence-corrected chi connectivity index (χ3v) is 6.13. The van der Waals surface area contributed by atoms with E-state index in [1.165, 1.54) is 0 Å². The summed E-state index contributed by atoms with van der Waals surface area (Å²) in [4.78, 5) is 25.4. The zero-order valence-corrected chi connectivity index (χ0v) is 14.7. The fourth-order valence-electron chi connectivity index (χ4n) is 4.11. The van der Waals surface area contributed by atoms with Crippen molar-refractivity contribution in [2.45, 2.75) is 38.3 Å². The number of rotatable bonds is 3. The minimum absolute atomic E-state index is 0.0287. The maximum Gasteiger partial charge on any atom is 0.249 e. The van der Waals surface area contributed by atoms with Crippen LogP contribution in [0.4, 0.5) is 0 Å². The molecule has 3 aliphatic heterocycles. The molecule has 4 heterocycles. The maximum absolute atomic E-state index is 12.9. The molecule has 6 nitrogen and oxygen atoms in total. The molecule has 3 fully saturated rings. The van der Waals surface area contributed by atoms with Gasteiger partial charge in [0.05, 0.1) is 19.3 Å². The first-order chi connectivity index (χ1) is 11.8. The topological polar surface area (TPSA) is 54.9 Å². The molecule has 0 bridgehead atoms. The molecule has 24 heavy (non-hydrogen) atoms. The Balaban J connectivity index is 1.43. The Kier molecular flexibility index (Phi) is 5.12. The maximum atomic E-state index is 12.9. The van der Waals surface area contributed by atoms with E-state index in [1.54, 1.807) is 16.4 Å². The first-order valence-electron chi connectivity index (χ1n) is 8.98. The molecule has 7 heteroatoms. The van der Waals surface area contributed by atoms with E-state index >= 15 is 0 Å². The van der Waals surface area contributed by atoms with Crippen LogP contribution in [0.1, 0.15) is 30.7 Å². The predicted molar refractivity (Wildman–Crippen MR) is 90.2 cm³/mol. The fraction of sp³-hybridized carbons (Fsp3) is 0.765. The summed E-state index contributed by atoms with van der Waals surface area (Å²) in [5.74, 6) is 0.468. The molecule has 3 saturated heterocycles. The molecule has 0 saturated carbocycles. The van der Waals surface area contributed by atoms with Crippen molar-refractivity contribution in [1.29, 1.82) is 0 Å². The number of carbonyl (C=O) groups is 1. The second-order valence-corrected chi connectivity index (χ2v) is 7.88. The molecule has 0 unspecified atom stereocenters. The van der Waals surface area contributed by atoms with Crippen molar-refractivity contribution >= 4 is 17.2 Å². The highest BCUT2D eigenvalue weighted by Crippen LogP contribution is 2.35. The molecule has 1 amide bonds. The van der Waals surface area contributed by atoms with E-state index in [-0.39, 0.29) is 23.8 Å². The molecule has 0 N–H and O–H groups in total. The lowest BCUT2D eigenvalue weighted by Gasteiger charge is -2.45. The van der Waals surface area contributed by atoms with Crippen molar-refractivity contribution < 1.29 is 14.4 Å². The van der Waals surface area contributed by atoms with Gasteiger partial charge >= 0.3 is 0 Å². The van der Waals surface area contributed by atoms with Crippen molar-refractivity contribution in [2.75, 3.05) is 32.8 Å². The monoisotopic (exact) mass is 351 g/mol. The largest absolute Gasteiger partial charge is 0.378 e. The van der Waals surface area contributed by atoms with E-state index in [9.17, 15) is 4.79 Å². The zero-order chi connectivity index (χ0) is 16.4. The number of carbonyl (C=O) groups excluding carboxylic acids is 1. The Morgan fingerprint density at radius 1 is 1.29 bits per heavy atom. The summed E-state index contributed by atoms with van der Waals surface area (Å²) in [6.07, 6.45) is 5.97. The summed E-state index contributed by atoms with van der Waals surface area (Å²) in [5, 5.41) is 4.79. The second-order valence-electron chi connectivity index (χ2n) is 6.90. The summed E-state index contributed by atoms with van der Waals surface area (Å²) in [5.41, 5.74) is 0. The summed E-state index contributed by atoms with van der Waals surface area (Å²) in [6, 6.07) is 0. The quantitative estimate of drug-likeness (QED) is 0.833. The first kappa shape index (κ1) is 16.4. The normalized spacial score (nSPS) is 31.7. The number of hydrogen-bond acceptors (Lipinski definition) is 6. The van der Waals surface area contributed by atoms with Crippen molar-refractivity contribution in [2.24, 2.45) is 11.8 Å². The van der Waals surface area contributed by atoms with Gasteiger partial charge in [-0.25, -0.2) is 10.0 Å². The van der Waals surface area contributed by atoms with Gasteiger partial charge in [0.25, 0.3) is 0 Å². The van der Waals surface area contributed by atoms with Gasteiger partial charge in [-0.15, -0.1) is 11.3 Å². The molecule has 0 spiro atoms. The van der Waals surface area contributed by atoms with E-state index in [4.69, 9.17) is 9.57 Å². The highest BCUT2D eigenvalue weighted by atomic mass is 32.1. The number of fused-ring (bicyclic) bond motifs is 1. The Morgan fingerprint density at radius 2 is 2.25 bits per heavy atom. The SMILES string of the molecule is O=C([C@@H]1CCO[C@@H]2CCN(Cc3nccs3)C[C@H]21)N1CCCCO1. The van der Waals surface area contributed by atoms with E-state index < -0.39 is 0 Å². The van der Waals surface area contributed by atoms with Gasteiger partial charge in [0.15, 0.2) is 0 Å². The number of aromatic nitrogens is 1. The average Bonchev–Trinajstić information content (AvgIpc) is 3.14. The number of thiazole rings is 1. The molecular weight excluding hydrogens is 326 g/mol. The van der Waals surface area contributed by atoms with Crippen LogP contribution < -0.4 is 0 Å². The van der Waals surface area contributed by atoms with Crippen LogP contribution in [0.15, 0.2) is 11.6 Å². The van der Waals surface area contributed by atoms with E-state index in [1.807, 2.05) is 11.6 Å². The number of hydrogen-bond donors (Lipinski definition) is 0. The lowest BCUT2D eigenvalue weighted by Crippen LogP contribution is -2.54. The van der Waals surface area contributed by atoms with E-state index in [0.29, 0.717) is 13.2 Å². The van der Waals surface area contributed by atoms with Gasteiger partial charge in [-0.2, -0.15) is 0 Å². The van der Waals surface area contributed by atoms with Gasteiger partial charge in [-0.1, -0.05) is 0 Å². The molecule has 0 radical (unpaired) electrons. The third kappa shape index (κ3) is 3.49. The first-order valence-corrected chi connectivity index (χ1v) is 9.86. The highest BCUT2D eigenvalue weighted by Gasteiger charge is 2.43. The molecule has 1 aromatic heterocycles. The van der Waals surface area contributed by atoms with Crippen LogP contribution in [0.5, 0.6) is 0 Å².